The van der Waals surface area contributed by atoms with E-state index < -0.39 is 9.84 Å². The lowest BCUT2D eigenvalue weighted by Gasteiger charge is -2.31. The van der Waals surface area contributed by atoms with E-state index in [0.717, 1.165) is 11.1 Å². The number of amides is 1. The van der Waals surface area contributed by atoms with Crippen LogP contribution < -0.4 is 5.32 Å². The highest BCUT2D eigenvalue weighted by Crippen LogP contribution is 2.27. The number of rotatable bonds is 4. The molecule has 1 amide bonds. The van der Waals surface area contributed by atoms with Crippen LogP contribution in [-0.4, -0.2) is 43.8 Å². The molecule has 0 radical (unpaired) electrons. The molecule has 1 N–H and O–H groups in total. The number of nitrogens with zero attached hydrogens (tertiary/aromatic N) is 1. The Morgan fingerprint density at radius 1 is 1.40 bits per heavy atom. The highest BCUT2D eigenvalue weighted by Gasteiger charge is 2.36. The van der Waals surface area contributed by atoms with Crippen molar-refractivity contribution in [3.8, 4) is 0 Å². The van der Waals surface area contributed by atoms with Crippen molar-refractivity contribution >= 4 is 15.7 Å². The van der Waals surface area contributed by atoms with Gasteiger partial charge in [-0.1, -0.05) is 24.3 Å². The maximum Gasteiger partial charge on any atom is 0.238 e. The average molecular weight is 296 g/mol. The normalized spacial score (nSPS) is 21.2. The highest BCUT2D eigenvalue weighted by molar-refractivity contribution is 7.90. The van der Waals surface area contributed by atoms with Crippen molar-refractivity contribution < 1.29 is 13.2 Å². The zero-order valence-electron chi connectivity index (χ0n) is 12.0. The minimum atomic E-state index is -3.12. The fraction of sp³-hybridized carbons (Fsp3) is 0.500. The van der Waals surface area contributed by atoms with Gasteiger partial charge in [0.2, 0.25) is 5.91 Å². The fourth-order valence-corrected chi connectivity index (χ4v) is 3.73. The first-order chi connectivity index (χ1) is 9.29. The molecule has 2 unspecified atom stereocenters. The summed E-state index contributed by atoms with van der Waals surface area (Å²) in [4.78, 5) is 13.7. The molecule has 1 aromatic rings. The zero-order valence-corrected chi connectivity index (χ0v) is 12.8. The third-order valence-corrected chi connectivity index (χ3v) is 4.60. The summed E-state index contributed by atoms with van der Waals surface area (Å²) in [7, 11) is -3.12. The molecule has 5 nitrogen and oxygen atoms in total. The minimum absolute atomic E-state index is 0.0250. The highest BCUT2D eigenvalue weighted by atomic mass is 32.2. The predicted molar refractivity (Wildman–Crippen MR) is 77.9 cm³/mol. The summed E-state index contributed by atoms with van der Waals surface area (Å²) >= 11 is 0. The maximum atomic E-state index is 12.1. The summed E-state index contributed by atoms with van der Waals surface area (Å²) in [5.74, 6) is -0.0857. The van der Waals surface area contributed by atoms with Gasteiger partial charge in [-0.15, -0.1) is 0 Å². The summed E-state index contributed by atoms with van der Waals surface area (Å²) in [5, 5.41) is 3.16. The Hall–Kier alpha value is -1.40. The third-order valence-electron chi connectivity index (χ3n) is 3.51. The Labute approximate surface area is 119 Å². The van der Waals surface area contributed by atoms with Crippen LogP contribution in [0.3, 0.4) is 0 Å². The van der Waals surface area contributed by atoms with Crippen LogP contribution in [0, 0.1) is 6.92 Å². The van der Waals surface area contributed by atoms with Crippen LogP contribution in [-0.2, 0) is 14.6 Å². The van der Waals surface area contributed by atoms with Gasteiger partial charge in [0.05, 0.1) is 12.3 Å². The number of benzene rings is 1. The molecule has 1 aliphatic rings. The quantitative estimate of drug-likeness (QED) is 0.895. The molecule has 1 aliphatic heterocycles. The second-order valence-corrected chi connectivity index (χ2v) is 7.57. The lowest BCUT2D eigenvalue weighted by molar-refractivity contribution is -0.129. The van der Waals surface area contributed by atoms with Crippen LogP contribution in [0.2, 0.25) is 0 Å². The molecular weight excluding hydrogens is 276 g/mol. The molecule has 20 heavy (non-hydrogen) atoms. The number of hydrogen-bond acceptors (Lipinski definition) is 4. The Morgan fingerprint density at radius 3 is 2.65 bits per heavy atom. The second-order valence-electron chi connectivity index (χ2n) is 5.38. The maximum absolute atomic E-state index is 12.1. The minimum Gasteiger partial charge on any atom is -0.318 e. The fourth-order valence-electron chi connectivity index (χ4n) is 2.69. The number of nitrogens with one attached hydrogen (secondary N) is 1. The zero-order chi connectivity index (χ0) is 14.9. The van der Waals surface area contributed by atoms with E-state index in [2.05, 4.69) is 5.32 Å². The van der Waals surface area contributed by atoms with Crippen molar-refractivity contribution in [2.45, 2.75) is 26.1 Å². The summed E-state index contributed by atoms with van der Waals surface area (Å²) < 4.78 is 22.9. The van der Waals surface area contributed by atoms with Crippen LogP contribution in [0.25, 0.3) is 0 Å². The van der Waals surface area contributed by atoms with Crippen LogP contribution in [0.15, 0.2) is 24.3 Å². The summed E-state index contributed by atoms with van der Waals surface area (Å²) in [6, 6.07) is 7.47. The molecule has 1 saturated heterocycles. The lowest BCUT2D eigenvalue weighted by atomic mass is 10.1. The van der Waals surface area contributed by atoms with Crippen molar-refractivity contribution in [3.05, 3.63) is 35.4 Å². The average Bonchev–Trinajstić information content (AvgIpc) is 2.69. The van der Waals surface area contributed by atoms with Crippen molar-refractivity contribution in [2.75, 3.05) is 18.6 Å². The number of carbonyl (C=O) groups is 1. The first-order valence-corrected chi connectivity index (χ1v) is 8.63. The second kappa shape index (κ2) is 5.54. The molecule has 1 fully saturated rings. The lowest BCUT2D eigenvalue weighted by Crippen LogP contribution is -2.41. The molecule has 0 aliphatic carbocycles. The molecule has 1 aromatic carbocycles. The topological polar surface area (TPSA) is 66.5 Å². The summed E-state index contributed by atoms with van der Waals surface area (Å²) in [5.41, 5.74) is 2.09. The molecule has 2 atom stereocenters. The van der Waals surface area contributed by atoms with Gasteiger partial charge in [0.25, 0.3) is 0 Å². The molecule has 0 bridgehead atoms. The smallest absolute Gasteiger partial charge is 0.238 e. The van der Waals surface area contributed by atoms with Crippen LogP contribution in [0.4, 0.5) is 0 Å². The van der Waals surface area contributed by atoms with E-state index in [4.69, 9.17) is 0 Å². The monoisotopic (exact) mass is 296 g/mol. The van der Waals surface area contributed by atoms with Gasteiger partial charge in [0.1, 0.15) is 16.0 Å². The standard InChI is InChI=1S/C14H20N2O3S/c1-10-6-4-5-7-12(10)14-15-8-13(17)16(14)11(2)9-20(3,18)19/h4-7,11,14-15H,8-9H2,1-3H3. The van der Waals surface area contributed by atoms with Crippen LogP contribution in [0.5, 0.6) is 0 Å². The van der Waals surface area contributed by atoms with Gasteiger partial charge >= 0.3 is 0 Å². The van der Waals surface area contributed by atoms with Crippen molar-refractivity contribution in [2.24, 2.45) is 0 Å². The molecular formula is C14H20N2O3S. The number of sulfone groups is 1. The van der Waals surface area contributed by atoms with Gasteiger partial charge in [-0.3, -0.25) is 10.1 Å². The molecule has 1 heterocycles. The summed E-state index contributed by atoms with van der Waals surface area (Å²) in [6.45, 7) is 4.00. The predicted octanol–water partition coefficient (Wildman–Crippen LogP) is 0.859. The first kappa shape index (κ1) is 15.0. The van der Waals surface area contributed by atoms with E-state index >= 15 is 0 Å². The van der Waals surface area contributed by atoms with Gasteiger partial charge < -0.3 is 4.90 Å². The molecule has 0 saturated carbocycles. The third kappa shape index (κ3) is 3.19. The Morgan fingerprint density at radius 2 is 2.05 bits per heavy atom. The molecule has 110 valence electrons. The Bertz CT molecular complexity index is 613. The van der Waals surface area contributed by atoms with Crippen molar-refractivity contribution in [1.82, 2.24) is 10.2 Å². The van der Waals surface area contributed by atoms with Gasteiger partial charge in [-0.25, -0.2) is 8.42 Å². The van der Waals surface area contributed by atoms with Gasteiger partial charge in [0.15, 0.2) is 0 Å². The Balaban J connectivity index is 2.30. The van der Waals surface area contributed by atoms with E-state index in [1.54, 1.807) is 11.8 Å². The number of aryl methyl sites for hydroxylation is 1. The van der Waals surface area contributed by atoms with Gasteiger partial charge in [-0.2, -0.15) is 0 Å². The van der Waals surface area contributed by atoms with E-state index in [1.807, 2.05) is 31.2 Å². The molecule has 6 heteroatoms. The molecule has 0 aromatic heterocycles. The largest absolute Gasteiger partial charge is 0.318 e. The van der Waals surface area contributed by atoms with Gasteiger partial charge in [-0.05, 0) is 25.0 Å². The molecule has 0 spiro atoms. The Kier molecular flexibility index (Phi) is 4.15. The van der Waals surface area contributed by atoms with Crippen LogP contribution >= 0.6 is 0 Å². The van der Waals surface area contributed by atoms with E-state index in [9.17, 15) is 13.2 Å². The number of carbonyl (C=O) groups excluding carboxylic acids is 1. The van der Waals surface area contributed by atoms with Crippen molar-refractivity contribution in [3.63, 3.8) is 0 Å². The van der Waals surface area contributed by atoms with Crippen molar-refractivity contribution in [1.29, 1.82) is 0 Å². The van der Waals surface area contributed by atoms with Crippen LogP contribution in [0.1, 0.15) is 24.2 Å². The van der Waals surface area contributed by atoms with Gasteiger partial charge in [0, 0.05) is 12.3 Å². The van der Waals surface area contributed by atoms with E-state index in [0.29, 0.717) is 0 Å². The summed E-state index contributed by atoms with van der Waals surface area (Å²) in [6.07, 6.45) is 0.945. The van der Waals surface area contributed by atoms with E-state index in [-0.39, 0.29) is 30.4 Å². The van der Waals surface area contributed by atoms with E-state index in [1.165, 1.54) is 6.26 Å². The SMILES string of the molecule is Cc1ccccc1C1NCC(=O)N1C(C)CS(C)(=O)=O. The first-order valence-electron chi connectivity index (χ1n) is 6.57. The number of hydrogen-bond donors (Lipinski definition) is 1. The molecule has 2 rings (SSSR count).